The highest BCUT2D eigenvalue weighted by Crippen LogP contribution is 2.24. The van der Waals surface area contributed by atoms with E-state index in [1.165, 1.54) is 0 Å². The van der Waals surface area contributed by atoms with Crippen LogP contribution >= 0.6 is 0 Å². The summed E-state index contributed by atoms with van der Waals surface area (Å²) < 4.78 is 5.64. The number of hydrogen-bond acceptors (Lipinski definition) is 4. The molecule has 1 saturated carbocycles. The Bertz CT molecular complexity index is 486. The normalized spacial score (nSPS) is 22.2. The maximum absolute atomic E-state index is 12.2. The molecule has 1 aromatic rings. The van der Waals surface area contributed by atoms with Crippen molar-refractivity contribution in [2.24, 2.45) is 5.92 Å². The Morgan fingerprint density at radius 2 is 2.00 bits per heavy atom. The van der Waals surface area contributed by atoms with Gasteiger partial charge in [-0.05, 0) is 58.4 Å². The molecule has 0 aliphatic heterocycles. The number of nitrogens with zero attached hydrogens (tertiary/aromatic N) is 1. The van der Waals surface area contributed by atoms with E-state index in [0.29, 0.717) is 17.4 Å². The lowest BCUT2D eigenvalue weighted by molar-refractivity contribution is 0.0913. The topological polar surface area (TPSA) is 71.5 Å². The number of rotatable bonds is 4. The molecular weight excluding hydrogens is 280 g/mol. The molecule has 0 aromatic carbocycles. The first-order valence-electron chi connectivity index (χ1n) is 7.94. The second-order valence-electron chi connectivity index (χ2n) is 6.97. The summed E-state index contributed by atoms with van der Waals surface area (Å²) in [5.74, 6) is 0.818. The lowest BCUT2D eigenvalue weighted by atomic mass is 9.86. The van der Waals surface area contributed by atoms with Crippen LogP contribution in [-0.4, -0.2) is 34.2 Å². The van der Waals surface area contributed by atoms with Crippen LogP contribution in [0.5, 0.6) is 5.88 Å². The molecule has 1 fully saturated rings. The molecular formula is C17H26N2O3. The van der Waals surface area contributed by atoms with E-state index in [9.17, 15) is 4.79 Å². The monoisotopic (exact) mass is 306 g/mol. The zero-order chi connectivity index (χ0) is 16.2. The maximum Gasteiger partial charge on any atom is 0.253 e. The smallest absolute Gasteiger partial charge is 0.253 e. The molecule has 0 unspecified atom stereocenters. The summed E-state index contributed by atoms with van der Waals surface area (Å²) in [4.78, 5) is 16.4. The molecule has 22 heavy (non-hydrogen) atoms. The number of pyridine rings is 1. The Morgan fingerprint density at radius 3 is 2.50 bits per heavy atom. The third-order valence-corrected chi connectivity index (χ3v) is 3.85. The first-order valence-corrected chi connectivity index (χ1v) is 7.94. The maximum atomic E-state index is 12.2. The summed E-state index contributed by atoms with van der Waals surface area (Å²) in [6.45, 7) is 6.12. The zero-order valence-corrected chi connectivity index (χ0v) is 13.6. The highest BCUT2D eigenvalue weighted by molar-refractivity contribution is 5.94. The Balaban J connectivity index is 1.88. The lowest BCUT2D eigenvalue weighted by Crippen LogP contribution is -2.38. The van der Waals surface area contributed by atoms with Gasteiger partial charge in [-0.15, -0.1) is 0 Å². The van der Waals surface area contributed by atoms with Crippen molar-refractivity contribution in [2.45, 2.75) is 58.1 Å². The SMILES string of the molecule is CC(C)(C)Oc1ccc(C(=O)NC2CCC(CO)CC2)cn1. The number of amides is 1. The third kappa shape index (κ3) is 4.98. The van der Waals surface area contributed by atoms with Crippen LogP contribution < -0.4 is 10.1 Å². The number of aromatic nitrogens is 1. The molecule has 1 heterocycles. The molecule has 0 radical (unpaired) electrons. The molecule has 2 rings (SSSR count). The molecule has 1 aromatic heterocycles. The summed E-state index contributed by atoms with van der Waals surface area (Å²) in [5.41, 5.74) is 0.243. The van der Waals surface area contributed by atoms with Crippen molar-refractivity contribution in [3.63, 3.8) is 0 Å². The number of nitrogens with one attached hydrogen (secondary N) is 1. The Hall–Kier alpha value is -1.62. The van der Waals surface area contributed by atoms with Gasteiger partial charge in [0.15, 0.2) is 0 Å². The van der Waals surface area contributed by atoms with Crippen molar-refractivity contribution >= 4 is 5.91 Å². The van der Waals surface area contributed by atoms with Crippen LogP contribution in [0.4, 0.5) is 0 Å². The van der Waals surface area contributed by atoms with Gasteiger partial charge in [0.2, 0.25) is 5.88 Å². The van der Waals surface area contributed by atoms with Crippen LogP contribution in [-0.2, 0) is 0 Å². The van der Waals surface area contributed by atoms with Gasteiger partial charge < -0.3 is 15.2 Å². The number of carbonyl (C=O) groups excluding carboxylic acids is 1. The molecule has 122 valence electrons. The van der Waals surface area contributed by atoms with Gasteiger partial charge in [0.05, 0.1) is 5.56 Å². The molecule has 5 nitrogen and oxygen atoms in total. The van der Waals surface area contributed by atoms with Gasteiger partial charge in [0, 0.05) is 24.9 Å². The molecule has 0 atom stereocenters. The van der Waals surface area contributed by atoms with Gasteiger partial charge in [0.25, 0.3) is 5.91 Å². The predicted octanol–water partition coefficient (Wildman–Crippen LogP) is 2.54. The average Bonchev–Trinajstić information content (AvgIpc) is 2.47. The van der Waals surface area contributed by atoms with Crippen LogP contribution in [0.3, 0.4) is 0 Å². The number of aliphatic hydroxyl groups excluding tert-OH is 1. The van der Waals surface area contributed by atoms with Crippen LogP contribution in [0, 0.1) is 5.92 Å². The standard InChI is InChI=1S/C17H26N2O3/c1-17(2,3)22-15-9-6-13(10-18-15)16(21)19-14-7-4-12(11-20)5-8-14/h6,9-10,12,14,20H,4-5,7-8,11H2,1-3H3,(H,19,21). The van der Waals surface area contributed by atoms with E-state index in [-0.39, 0.29) is 24.2 Å². The average molecular weight is 306 g/mol. The van der Waals surface area contributed by atoms with Crippen LogP contribution in [0.15, 0.2) is 18.3 Å². The third-order valence-electron chi connectivity index (χ3n) is 3.85. The highest BCUT2D eigenvalue weighted by Gasteiger charge is 2.22. The molecule has 5 heteroatoms. The Labute approximate surface area is 132 Å². The fraction of sp³-hybridized carbons (Fsp3) is 0.647. The summed E-state index contributed by atoms with van der Waals surface area (Å²) in [7, 11) is 0. The zero-order valence-electron chi connectivity index (χ0n) is 13.6. The van der Waals surface area contributed by atoms with Gasteiger partial charge in [-0.2, -0.15) is 0 Å². The summed E-state index contributed by atoms with van der Waals surface area (Å²) in [5, 5.41) is 12.2. The van der Waals surface area contributed by atoms with Crippen LogP contribution in [0.25, 0.3) is 0 Å². The fourth-order valence-corrected chi connectivity index (χ4v) is 2.65. The van der Waals surface area contributed by atoms with Gasteiger partial charge in [-0.3, -0.25) is 4.79 Å². The van der Waals surface area contributed by atoms with E-state index in [4.69, 9.17) is 9.84 Å². The van der Waals surface area contributed by atoms with E-state index in [2.05, 4.69) is 10.3 Å². The molecule has 1 amide bonds. The predicted molar refractivity (Wildman–Crippen MR) is 84.9 cm³/mol. The van der Waals surface area contributed by atoms with Crippen molar-refractivity contribution in [3.8, 4) is 5.88 Å². The van der Waals surface area contributed by atoms with Gasteiger partial charge >= 0.3 is 0 Å². The quantitative estimate of drug-likeness (QED) is 0.896. The van der Waals surface area contributed by atoms with Gasteiger partial charge in [0.1, 0.15) is 5.60 Å². The molecule has 0 spiro atoms. The van der Waals surface area contributed by atoms with E-state index in [0.717, 1.165) is 25.7 Å². The summed E-state index contributed by atoms with van der Waals surface area (Å²) in [6.07, 6.45) is 5.34. The van der Waals surface area contributed by atoms with E-state index in [1.807, 2.05) is 20.8 Å². The number of aliphatic hydroxyl groups is 1. The van der Waals surface area contributed by atoms with Gasteiger partial charge in [-0.1, -0.05) is 0 Å². The first kappa shape index (κ1) is 16.7. The first-order chi connectivity index (χ1) is 10.4. The lowest BCUT2D eigenvalue weighted by Gasteiger charge is -2.28. The van der Waals surface area contributed by atoms with Crippen molar-refractivity contribution in [2.75, 3.05) is 6.61 Å². The second kappa shape index (κ2) is 7.09. The van der Waals surface area contributed by atoms with Crippen LogP contribution in [0.1, 0.15) is 56.8 Å². The highest BCUT2D eigenvalue weighted by atomic mass is 16.5. The minimum absolute atomic E-state index is 0.0951. The molecule has 1 aliphatic carbocycles. The minimum atomic E-state index is -0.303. The molecule has 2 N–H and O–H groups in total. The largest absolute Gasteiger partial charge is 0.472 e. The number of ether oxygens (including phenoxy) is 1. The molecule has 1 aliphatic rings. The van der Waals surface area contributed by atoms with Crippen molar-refractivity contribution < 1.29 is 14.6 Å². The van der Waals surface area contributed by atoms with Crippen molar-refractivity contribution in [1.82, 2.24) is 10.3 Å². The number of hydrogen-bond donors (Lipinski definition) is 2. The van der Waals surface area contributed by atoms with Gasteiger partial charge in [-0.25, -0.2) is 4.98 Å². The summed E-state index contributed by atoms with van der Waals surface area (Å²) in [6, 6.07) is 3.66. The Morgan fingerprint density at radius 1 is 1.32 bits per heavy atom. The van der Waals surface area contributed by atoms with E-state index >= 15 is 0 Å². The second-order valence-corrected chi connectivity index (χ2v) is 6.97. The van der Waals surface area contributed by atoms with Crippen molar-refractivity contribution in [3.05, 3.63) is 23.9 Å². The fourth-order valence-electron chi connectivity index (χ4n) is 2.65. The number of carbonyl (C=O) groups is 1. The van der Waals surface area contributed by atoms with Crippen molar-refractivity contribution in [1.29, 1.82) is 0 Å². The van der Waals surface area contributed by atoms with E-state index in [1.54, 1.807) is 18.3 Å². The van der Waals surface area contributed by atoms with Crippen LogP contribution in [0.2, 0.25) is 0 Å². The van der Waals surface area contributed by atoms with E-state index < -0.39 is 0 Å². The molecule has 0 saturated heterocycles. The summed E-state index contributed by atoms with van der Waals surface area (Å²) >= 11 is 0. The molecule has 0 bridgehead atoms. The minimum Gasteiger partial charge on any atom is -0.472 e. The Kier molecular flexibility index (Phi) is 5.40.